The van der Waals surface area contributed by atoms with Crippen LogP contribution in [0.2, 0.25) is 0 Å². The lowest BCUT2D eigenvalue weighted by molar-refractivity contribution is -0.148. The van der Waals surface area contributed by atoms with Crippen LogP contribution in [0.4, 0.5) is 13.2 Å². The van der Waals surface area contributed by atoms with Crippen molar-refractivity contribution in [1.29, 1.82) is 0 Å². The number of halogens is 4. The van der Waals surface area contributed by atoms with Crippen molar-refractivity contribution in [3.8, 4) is 5.75 Å². The fourth-order valence-electron chi connectivity index (χ4n) is 3.02. The first-order chi connectivity index (χ1) is 10.8. The van der Waals surface area contributed by atoms with Gasteiger partial charge in [0.2, 0.25) is 0 Å². The summed E-state index contributed by atoms with van der Waals surface area (Å²) < 4.78 is 44.8. The molecular weight excluding hydrogens is 341 g/mol. The molecule has 0 bridgehead atoms. The third-order valence-corrected chi connectivity index (χ3v) is 4.30. The smallest absolute Gasteiger partial charge is 0.390 e. The average molecular weight is 367 g/mol. The lowest BCUT2D eigenvalue weighted by atomic mass is 9.94. The van der Waals surface area contributed by atoms with E-state index in [2.05, 4.69) is 5.32 Å². The Morgan fingerprint density at radius 3 is 2.33 bits per heavy atom. The molecule has 1 fully saturated rings. The molecule has 0 aromatic heterocycles. The number of nitrogens with one attached hydrogen (secondary N) is 1. The van der Waals surface area contributed by atoms with Gasteiger partial charge in [-0.15, -0.1) is 12.4 Å². The summed E-state index contributed by atoms with van der Waals surface area (Å²) in [5.74, 6) is 0.788. The highest BCUT2D eigenvalue weighted by Crippen LogP contribution is 2.39. The molecule has 0 spiro atoms. The molecule has 1 aromatic carbocycles. The summed E-state index contributed by atoms with van der Waals surface area (Å²) in [6.45, 7) is 6.71. The van der Waals surface area contributed by atoms with Gasteiger partial charge in [-0.05, 0) is 17.5 Å². The number of hydrogen-bond acceptors (Lipinski definition) is 3. The van der Waals surface area contributed by atoms with Crippen LogP contribution in [0.5, 0.6) is 5.75 Å². The number of piperazine rings is 1. The summed E-state index contributed by atoms with van der Waals surface area (Å²) in [7, 11) is 1.51. The molecular formula is C17H26ClF3N2O. The average Bonchev–Trinajstić information content (AvgIpc) is 2.52. The topological polar surface area (TPSA) is 24.5 Å². The standard InChI is InChI=1S/C17H25F3N2O.ClH/c1-12(2)13-4-5-16(23-3)14(10-13)15(11-17(18,19)20)22-8-6-21-7-9-22;/h4-5,10,12,15,21H,6-9,11H2,1-3H3;1H/t15-;/m1./s1. The van der Waals surface area contributed by atoms with Crippen LogP contribution < -0.4 is 10.1 Å². The third kappa shape index (κ3) is 5.53. The summed E-state index contributed by atoms with van der Waals surface area (Å²) in [6.07, 6.45) is -5.07. The maximum Gasteiger partial charge on any atom is 0.390 e. The van der Waals surface area contributed by atoms with Crippen molar-refractivity contribution in [2.24, 2.45) is 0 Å². The number of benzene rings is 1. The minimum absolute atomic E-state index is 0. The van der Waals surface area contributed by atoms with Gasteiger partial charge in [-0.25, -0.2) is 0 Å². The lowest BCUT2D eigenvalue weighted by Gasteiger charge is -2.36. The highest BCUT2D eigenvalue weighted by molar-refractivity contribution is 5.85. The third-order valence-electron chi connectivity index (χ3n) is 4.30. The quantitative estimate of drug-likeness (QED) is 0.847. The Hall–Kier alpha value is -0.980. The van der Waals surface area contributed by atoms with Crippen molar-refractivity contribution >= 4 is 12.4 Å². The number of rotatable bonds is 5. The van der Waals surface area contributed by atoms with Crippen molar-refractivity contribution in [3.05, 3.63) is 29.3 Å². The van der Waals surface area contributed by atoms with Crippen LogP contribution in [0.3, 0.4) is 0 Å². The number of nitrogens with zero attached hydrogens (tertiary/aromatic N) is 1. The maximum atomic E-state index is 13.2. The molecule has 0 radical (unpaired) electrons. The predicted octanol–water partition coefficient (Wildman–Crippen LogP) is 4.14. The molecule has 1 atom stereocenters. The minimum Gasteiger partial charge on any atom is -0.496 e. The second-order valence-electron chi connectivity index (χ2n) is 6.28. The Kier molecular flexibility index (Phi) is 7.83. The van der Waals surface area contributed by atoms with Gasteiger partial charge in [-0.2, -0.15) is 13.2 Å². The van der Waals surface area contributed by atoms with Crippen molar-refractivity contribution in [1.82, 2.24) is 10.2 Å². The number of alkyl halides is 3. The summed E-state index contributed by atoms with van der Waals surface area (Å²) >= 11 is 0. The molecule has 0 amide bonds. The van der Waals surface area contributed by atoms with Gasteiger partial charge < -0.3 is 10.1 Å². The maximum absolute atomic E-state index is 13.2. The van der Waals surface area contributed by atoms with Crippen LogP contribution in [-0.4, -0.2) is 44.4 Å². The van der Waals surface area contributed by atoms with E-state index in [1.165, 1.54) is 7.11 Å². The molecule has 1 saturated heterocycles. The zero-order chi connectivity index (χ0) is 17.0. The number of hydrogen-bond donors (Lipinski definition) is 1. The van der Waals surface area contributed by atoms with Gasteiger partial charge in [0.1, 0.15) is 5.75 Å². The molecule has 0 saturated carbocycles. The van der Waals surface area contributed by atoms with Crippen LogP contribution >= 0.6 is 12.4 Å². The SMILES string of the molecule is COc1ccc(C(C)C)cc1[C@@H](CC(F)(F)F)N1CCNCC1.Cl. The van der Waals surface area contributed by atoms with Gasteiger partial charge in [0, 0.05) is 37.8 Å². The largest absolute Gasteiger partial charge is 0.496 e. The van der Waals surface area contributed by atoms with Crippen molar-refractivity contribution in [3.63, 3.8) is 0 Å². The van der Waals surface area contributed by atoms with E-state index < -0.39 is 18.6 Å². The zero-order valence-corrected chi connectivity index (χ0v) is 15.1. The molecule has 138 valence electrons. The Bertz CT molecular complexity index is 517. The molecule has 1 aliphatic rings. The van der Waals surface area contributed by atoms with E-state index in [9.17, 15) is 13.2 Å². The van der Waals surface area contributed by atoms with E-state index in [-0.39, 0.29) is 18.3 Å². The van der Waals surface area contributed by atoms with E-state index in [0.717, 1.165) is 5.56 Å². The number of ether oxygens (including phenoxy) is 1. The van der Waals surface area contributed by atoms with Crippen LogP contribution in [0, 0.1) is 0 Å². The Morgan fingerprint density at radius 2 is 1.83 bits per heavy atom. The summed E-state index contributed by atoms with van der Waals surface area (Å²) in [5, 5.41) is 3.19. The van der Waals surface area contributed by atoms with Crippen LogP contribution in [0.15, 0.2) is 18.2 Å². The first-order valence-electron chi connectivity index (χ1n) is 8.01. The van der Waals surface area contributed by atoms with Gasteiger partial charge in [0.05, 0.1) is 13.5 Å². The van der Waals surface area contributed by atoms with Crippen molar-refractivity contribution in [2.75, 3.05) is 33.3 Å². The molecule has 3 nitrogen and oxygen atoms in total. The minimum atomic E-state index is -4.21. The molecule has 7 heteroatoms. The Labute approximate surface area is 148 Å². The fourth-order valence-corrected chi connectivity index (χ4v) is 3.02. The van der Waals surface area contributed by atoms with Crippen molar-refractivity contribution < 1.29 is 17.9 Å². The van der Waals surface area contributed by atoms with E-state index in [0.29, 0.717) is 37.5 Å². The van der Waals surface area contributed by atoms with Gasteiger partial charge in [-0.1, -0.05) is 26.0 Å². The second-order valence-corrected chi connectivity index (χ2v) is 6.28. The molecule has 24 heavy (non-hydrogen) atoms. The van der Waals surface area contributed by atoms with Crippen LogP contribution in [-0.2, 0) is 0 Å². The fraction of sp³-hybridized carbons (Fsp3) is 0.647. The molecule has 0 aliphatic carbocycles. The first-order valence-corrected chi connectivity index (χ1v) is 8.01. The Balaban J connectivity index is 0.00000288. The molecule has 0 unspecified atom stereocenters. The second kappa shape index (κ2) is 8.92. The van der Waals surface area contributed by atoms with Gasteiger partial charge in [-0.3, -0.25) is 4.90 Å². The predicted molar refractivity (Wildman–Crippen MR) is 92.2 cm³/mol. The summed E-state index contributed by atoms with van der Waals surface area (Å²) in [4.78, 5) is 1.91. The van der Waals surface area contributed by atoms with Crippen LogP contribution in [0.25, 0.3) is 0 Å². The molecule has 1 aliphatic heterocycles. The van der Waals surface area contributed by atoms with E-state index in [1.807, 2.05) is 30.9 Å². The first kappa shape index (κ1) is 21.1. The summed E-state index contributed by atoms with van der Waals surface area (Å²) in [5.41, 5.74) is 1.67. The normalized spacial score (nSPS) is 17.5. The lowest BCUT2D eigenvalue weighted by Crippen LogP contribution is -2.46. The van der Waals surface area contributed by atoms with E-state index >= 15 is 0 Å². The molecule has 2 rings (SSSR count). The van der Waals surface area contributed by atoms with Crippen LogP contribution in [0.1, 0.15) is 43.4 Å². The molecule has 1 N–H and O–H groups in total. The van der Waals surface area contributed by atoms with E-state index in [1.54, 1.807) is 6.07 Å². The Morgan fingerprint density at radius 1 is 1.21 bits per heavy atom. The molecule has 1 aromatic rings. The number of methoxy groups -OCH3 is 1. The van der Waals surface area contributed by atoms with E-state index in [4.69, 9.17) is 4.74 Å². The molecule has 1 heterocycles. The highest BCUT2D eigenvalue weighted by atomic mass is 35.5. The van der Waals surface area contributed by atoms with Crippen molar-refractivity contribution in [2.45, 2.75) is 38.4 Å². The zero-order valence-electron chi connectivity index (χ0n) is 14.3. The highest BCUT2D eigenvalue weighted by Gasteiger charge is 2.37. The van der Waals surface area contributed by atoms with Gasteiger partial charge in [0.15, 0.2) is 0 Å². The monoisotopic (exact) mass is 366 g/mol. The van der Waals surface area contributed by atoms with Gasteiger partial charge >= 0.3 is 6.18 Å². The van der Waals surface area contributed by atoms with Gasteiger partial charge in [0.25, 0.3) is 0 Å². The summed E-state index contributed by atoms with van der Waals surface area (Å²) in [6, 6.07) is 4.89.